The molecule has 0 saturated heterocycles. The molecule has 2 aromatic carbocycles. The molecule has 0 aromatic heterocycles. The van der Waals surface area contributed by atoms with Gasteiger partial charge in [-0.2, -0.15) is 0 Å². The van der Waals surface area contributed by atoms with Gasteiger partial charge in [0.1, 0.15) is 5.82 Å². The first-order valence-corrected chi connectivity index (χ1v) is 7.01. The first-order chi connectivity index (χ1) is 10.5. The van der Waals surface area contributed by atoms with Crippen LogP contribution in [0.1, 0.15) is 30.2 Å². The number of benzene rings is 2. The Labute approximate surface area is 128 Å². The molecule has 0 spiro atoms. The van der Waals surface area contributed by atoms with Gasteiger partial charge in [0.25, 0.3) is 0 Å². The summed E-state index contributed by atoms with van der Waals surface area (Å²) in [5.74, 6) is -0.564. The van der Waals surface area contributed by atoms with Crippen LogP contribution in [0.15, 0.2) is 42.5 Å². The zero-order chi connectivity index (χ0) is 16.1. The molecule has 118 valence electrons. The second kappa shape index (κ2) is 7.33. The van der Waals surface area contributed by atoms with Crippen LogP contribution in [0.4, 0.5) is 8.78 Å². The predicted molar refractivity (Wildman–Crippen MR) is 80.7 cm³/mol. The lowest BCUT2D eigenvalue weighted by molar-refractivity contribution is 0.170. The second-order valence-corrected chi connectivity index (χ2v) is 5.09. The Bertz CT molecular complexity index is 617. The maximum absolute atomic E-state index is 13.4. The van der Waals surface area contributed by atoms with E-state index < -0.39 is 11.9 Å². The van der Waals surface area contributed by atoms with Crippen molar-refractivity contribution in [2.45, 2.75) is 19.1 Å². The predicted octanol–water partition coefficient (Wildman–Crippen LogP) is 3.36. The lowest BCUT2D eigenvalue weighted by Crippen LogP contribution is -2.24. The topological polar surface area (TPSA) is 41.5 Å². The number of hydrogen-bond donors (Lipinski definition) is 2. The minimum absolute atomic E-state index is 0.0930. The zero-order valence-electron chi connectivity index (χ0n) is 12.5. The van der Waals surface area contributed by atoms with E-state index in [0.717, 1.165) is 5.56 Å². The van der Waals surface area contributed by atoms with E-state index >= 15 is 0 Å². The summed E-state index contributed by atoms with van der Waals surface area (Å²) in [6.45, 7) is 2.20. The van der Waals surface area contributed by atoms with Crippen LogP contribution in [-0.2, 0) is 0 Å². The molecule has 2 aromatic rings. The number of nitrogens with one attached hydrogen (secondary N) is 1. The fourth-order valence-electron chi connectivity index (χ4n) is 2.15. The number of aliphatic hydroxyl groups is 1. The van der Waals surface area contributed by atoms with Crippen molar-refractivity contribution >= 4 is 0 Å². The number of aliphatic hydroxyl groups excluding tert-OH is 1. The van der Waals surface area contributed by atoms with Gasteiger partial charge >= 0.3 is 0 Å². The van der Waals surface area contributed by atoms with Gasteiger partial charge in [-0.3, -0.25) is 0 Å². The van der Waals surface area contributed by atoms with Crippen LogP contribution in [0.3, 0.4) is 0 Å². The summed E-state index contributed by atoms with van der Waals surface area (Å²) in [6, 6.07) is 10.3. The van der Waals surface area contributed by atoms with Crippen LogP contribution < -0.4 is 10.1 Å². The van der Waals surface area contributed by atoms with Gasteiger partial charge in [-0.15, -0.1) is 0 Å². The fraction of sp³-hybridized carbons (Fsp3) is 0.294. The van der Waals surface area contributed by atoms with Gasteiger partial charge in [0, 0.05) is 12.6 Å². The van der Waals surface area contributed by atoms with E-state index in [2.05, 4.69) is 5.32 Å². The zero-order valence-corrected chi connectivity index (χ0v) is 12.5. The first-order valence-electron chi connectivity index (χ1n) is 7.01. The molecule has 0 saturated carbocycles. The Morgan fingerprint density at radius 2 is 1.73 bits per heavy atom. The molecule has 3 nitrogen and oxygen atoms in total. The average Bonchev–Trinajstić information content (AvgIpc) is 2.53. The Hall–Kier alpha value is -1.98. The van der Waals surface area contributed by atoms with Crippen LogP contribution in [0, 0.1) is 11.6 Å². The van der Waals surface area contributed by atoms with Crippen LogP contribution in [0.25, 0.3) is 0 Å². The first kappa shape index (κ1) is 16.4. The van der Waals surface area contributed by atoms with Crippen molar-refractivity contribution in [1.82, 2.24) is 5.32 Å². The monoisotopic (exact) mass is 307 g/mol. The maximum atomic E-state index is 13.4. The van der Waals surface area contributed by atoms with E-state index in [4.69, 9.17) is 4.74 Å². The van der Waals surface area contributed by atoms with Crippen molar-refractivity contribution in [3.8, 4) is 5.75 Å². The van der Waals surface area contributed by atoms with Crippen LogP contribution >= 0.6 is 0 Å². The average molecular weight is 307 g/mol. The second-order valence-electron chi connectivity index (χ2n) is 5.09. The Balaban J connectivity index is 1.97. The molecule has 2 rings (SSSR count). The van der Waals surface area contributed by atoms with E-state index in [1.165, 1.54) is 25.3 Å². The van der Waals surface area contributed by atoms with E-state index in [1.54, 1.807) is 24.3 Å². The molecule has 0 aliphatic heterocycles. The SMILES string of the molecule is COc1cc(C(C)NCC(O)c2ccc(F)cc2)ccc1F. The summed E-state index contributed by atoms with van der Waals surface area (Å²) in [5, 5.41) is 13.2. The van der Waals surface area contributed by atoms with E-state index in [1.807, 2.05) is 6.92 Å². The lowest BCUT2D eigenvalue weighted by atomic mass is 10.1. The normalized spacial score (nSPS) is 13.7. The molecule has 0 aliphatic carbocycles. The number of halogens is 2. The van der Waals surface area contributed by atoms with E-state index in [-0.39, 0.29) is 17.6 Å². The Kier molecular flexibility index (Phi) is 5.46. The molecule has 22 heavy (non-hydrogen) atoms. The third-order valence-corrected chi connectivity index (χ3v) is 3.55. The Morgan fingerprint density at radius 1 is 1.09 bits per heavy atom. The fourth-order valence-corrected chi connectivity index (χ4v) is 2.15. The van der Waals surface area contributed by atoms with Crippen molar-refractivity contribution in [1.29, 1.82) is 0 Å². The summed E-state index contributed by atoms with van der Waals surface area (Å²) >= 11 is 0. The van der Waals surface area contributed by atoms with Crippen molar-refractivity contribution in [2.24, 2.45) is 0 Å². The van der Waals surface area contributed by atoms with Crippen molar-refractivity contribution in [3.63, 3.8) is 0 Å². The van der Waals surface area contributed by atoms with Gasteiger partial charge in [0.05, 0.1) is 13.2 Å². The summed E-state index contributed by atoms with van der Waals surface area (Å²) < 4.78 is 31.2. The highest BCUT2D eigenvalue weighted by Crippen LogP contribution is 2.23. The highest BCUT2D eigenvalue weighted by molar-refractivity contribution is 5.32. The molecule has 2 atom stereocenters. The Morgan fingerprint density at radius 3 is 2.36 bits per heavy atom. The standard InChI is InChI=1S/C17H19F2NO2/c1-11(13-5-8-15(19)17(9-13)22-2)20-10-16(21)12-3-6-14(18)7-4-12/h3-9,11,16,20-21H,10H2,1-2H3. The molecular weight excluding hydrogens is 288 g/mol. The van der Waals surface area contributed by atoms with Gasteiger partial charge in [0.15, 0.2) is 11.6 Å². The molecule has 0 bridgehead atoms. The van der Waals surface area contributed by atoms with Gasteiger partial charge < -0.3 is 15.2 Å². The molecule has 5 heteroatoms. The van der Waals surface area contributed by atoms with Gasteiger partial charge in [0.2, 0.25) is 0 Å². The minimum atomic E-state index is -0.745. The quantitative estimate of drug-likeness (QED) is 0.860. The third kappa shape index (κ3) is 4.02. The van der Waals surface area contributed by atoms with Crippen molar-refractivity contribution in [3.05, 3.63) is 65.2 Å². The highest BCUT2D eigenvalue weighted by Gasteiger charge is 2.12. The number of methoxy groups -OCH3 is 1. The van der Waals surface area contributed by atoms with Crippen LogP contribution in [0.5, 0.6) is 5.75 Å². The molecular formula is C17H19F2NO2. The smallest absolute Gasteiger partial charge is 0.165 e. The van der Waals surface area contributed by atoms with Gasteiger partial charge in [-0.25, -0.2) is 8.78 Å². The minimum Gasteiger partial charge on any atom is -0.494 e. The lowest BCUT2D eigenvalue weighted by Gasteiger charge is -2.18. The van der Waals surface area contributed by atoms with Crippen molar-refractivity contribution in [2.75, 3.05) is 13.7 Å². The molecule has 2 N–H and O–H groups in total. The molecule has 2 unspecified atom stereocenters. The molecule has 0 fully saturated rings. The molecule has 0 aliphatic rings. The number of ether oxygens (including phenoxy) is 1. The van der Waals surface area contributed by atoms with Gasteiger partial charge in [-0.1, -0.05) is 18.2 Å². The maximum Gasteiger partial charge on any atom is 0.165 e. The largest absolute Gasteiger partial charge is 0.494 e. The van der Waals surface area contributed by atoms with Crippen LogP contribution in [0.2, 0.25) is 0 Å². The molecule has 0 heterocycles. The molecule has 0 amide bonds. The summed E-state index contributed by atoms with van der Waals surface area (Å²) in [4.78, 5) is 0. The summed E-state index contributed by atoms with van der Waals surface area (Å²) in [6.07, 6.45) is -0.745. The third-order valence-electron chi connectivity index (χ3n) is 3.55. The van der Waals surface area contributed by atoms with Gasteiger partial charge in [-0.05, 0) is 42.3 Å². The number of hydrogen-bond acceptors (Lipinski definition) is 3. The molecule has 0 radical (unpaired) electrons. The van der Waals surface area contributed by atoms with Crippen molar-refractivity contribution < 1.29 is 18.6 Å². The summed E-state index contributed by atoms with van der Waals surface area (Å²) in [5.41, 5.74) is 1.49. The van der Waals surface area contributed by atoms with E-state index in [0.29, 0.717) is 12.1 Å². The highest BCUT2D eigenvalue weighted by atomic mass is 19.1. The van der Waals surface area contributed by atoms with Crippen LogP contribution in [-0.4, -0.2) is 18.8 Å². The number of rotatable bonds is 6. The van der Waals surface area contributed by atoms with E-state index in [9.17, 15) is 13.9 Å². The summed E-state index contributed by atoms with van der Waals surface area (Å²) in [7, 11) is 1.42.